The van der Waals surface area contributed by atoms with Crippen molar-refractivity contribution in [2.24, 2.45) is 0 Å². The number of hydrogen-bond donors (Lipinski definition) is 0. The van der Waals surface area contributed by atoms with Crippen LogP contribution in [0.4, 0.5) is 0 Å². The maximum atomic E-state index is 4.34. The summed E-state index contributed by atoms with van der Waals surface area (Å²) >= 11 is 0. The highest BCUT2D eigenvalue weighted by atomic mass is 15.3. The van der Waals surface area contributed by atoms with Crippen molar-refractivity contribution < 1.29 is 0 Å². The maximum absolute atomic E-state index is 4.34. The van der Waals surface area contributed by atoms with Crippen molar-refractivity contribution in [2.75, 3.05) is 40.3 Å². The van der Waals surface area contributed by atoms with Crippen molar-refractivity contribution in [1.82, 2.24) is 15.1 Å². The molecular weight excluding hydrogens is 150 g/mol. The third-order valence-corrected chi connectivity index (χ3v) is 2.47. The van der Waals surface area contributed by atoms with Gasteiger partial charge in [0.25, 0.3) is 0 Å². The van der Waals surface area contributed by atoms with Crippen LogP contribution in [0.1, 0.15) is 13.3 Å². The van der Waals surface area contributed by atoms with Crippen LogP contribution < -0.4 is 5.32 Å². The molecule has 0 aliphatic carbocycles. The van der Waals surface area contributed by atoms with Crippen LogP contribution in [0.5, 0.6) is 0 Å². The first-order chi connectivity index (χ1) is 5.75. The second kappa shape index (κ2) is 4.80. The lowest BCUT2D eigenvalue weighted by Crippen LogP contribution is -2.51. The van der Waals surface area contributed by atoms with Crippen molar-refractivity contribution in [3.8, 4) is 0 Å². The quantitative estimate of drug-likeness (QED) is 0.603. The first-order valence-corrected chi connectivity index (χ1v) is 4.79. The number of hydrogen-bond acceptors (Lipinski definition) is 2. The van der Waals surface area contributed by atoms with E-state index in [2.05, 4.69) is 36.1 Å². The van der Waals surface area contributed by atoms with Gasteiger partial charge in [-0.3, -0.25) is 9.80 Å². The third kappa shape index (κ3) is 2.44. The second-order valence-corrected chi connectivity index (χ2v) is 3.56. The molecule has 3 nitrogen and oxygen atoms in total. The summed E-state index contributed by atoms with van der Waals surface area (Å²) in [6.45, 7) is 6.55. The molecule has 1 saturated heterocycles. The first-order valence-electron chi connectivity index (χ1n) is 4.79. The molecule has 71 valence electrons. The van der Waals surface area contributed by atoms with Crippen LogP contribution in [-0.2, 0) is 0 Å². The molecule has 0 saturated carbocycles. The van der Waals surface area contributed by atoms with E-state index in [4.69, 9.17) is 0 Å². The highest BCUT2D eigenvalue weighted by molar-refractivity contribution is 4.73. The number of piperazine rings is 1. The topological polar surface area (TPSA) is 20.6 Å². The fraction of sp³-hybridized carbons (Fsp3) is 1.00. The van der Waals surface area contributed by atoms with Gasteiger partial charge in [0.1, 0.15) is 0 Å². The minimum absolute atomic E-state index is 0.612. The molecule has 0 N–H and O–H groups in total. The van der Waals surface area contributed by atoms with Crippen molar-refractivity contribution in [1.29, 1.82) is 0 Å². The Balaban J connectivity index is 2.40. The van der Waals surface area contributed by atoms with Gasteiger partial charge in [-0.15, -0.1) is 0 Å². The van der Waals surface area contributed by atoms with Crippen LogP contribution in [0.15, 0.2) is 0 Å². The summed E-state index contributed by atoms with van der Waals surface area (Å²) < 4.78 is 0. The van der Waals surface area contributed by atoms with E-state index in [0.717, 1.165) is 26.2 Å². The minimum atomic E-state index is 0.612. The minimum Gasteiger partial charge on any atom is -0.294 e. The van der Waals surface area contributed by atoms with Crippen molar-refractivity contribution in [3.63, 3.8) is 0 Å². The number of nitrogens with zero attached hydrogens (tertiary/aromatic N) is 3. The van der Waals surface area contributed by atoms with Gasteiger partial charge >= 0.3 is 0 Å². The predicted molar refractivity (Wildman–Crippen MR) is 51.2 cm³/mol. The molecule has 1 aliphatic heterocycles. The Kier molecular flexibility index (Phi) is 3.98. The SMILES string of the molecule is CCC(N(C)C)N1CC[N]CC1. The average molecular weight is 170 g/mol. The zero-order chi connectivity index (χ0) is 8.97. The average Bonchev–Trinajstić information content (AvgIpc) is 2.07. The third-order valence-electron chi connectivity index (χ3n) is 2.47. The molecule has 0 spiro atoms. The lowest BCUT2D eigenvalue weighted by Gasteiger charge is -2.37. The van der Waals surface area contributed by atoms with Gasteiger partial charge in [-0.2, -0.15) is 0 Å². The normalized spacial score (nSPS) is 23.0. The van der Waals surface area contributed by atoms with Gasteiger partial charge in [0, 0.05) is 26.2 Å². The van der Waals surface area contributed by atoms with E-state index in [-0.39, 0.29) is 0 Å². The van der Waals surface area contributed by atoms with Crippen LogP contribution in [-0.4, -0.2) is 56.2 Å². The molecule has 0 aromatic heterocycles. The van der Waals surface area contributed by atoms with Crippen molar-refractivity contribution in [2.45, 2.75) is 19.5 Å². The lowest BCUT2D eigenvalue weighted by atomic mass is 10.2. The summed E-state index contributed by atoms with van der Waals surface area (Å²) in [5.41, 5.74) is 0. The molecule has 1 fully saturated rings. The zero-order valence-corrected chi connectivity index (χ0v) is 8.45. The largest absolute Gasteiger partial charge is 0.294 e. The van der Waals surface area contributed by atoms with Crippen LogP contribution >= 0.6 is 0 Å². The summed E-state index contributed by atoms with van der Waals surface area (Å²) in [5, 5.41) is 4.34. The molecule has 0 amide bonds. The molecule has 0 aromatic rings. The van der Waals surface area contributed by atoms with Crippen LogP contribution in [0, 0.1) is 0 Å². The van der Waals surface area contributed by atoms with Gasteiger partial charge in [0.15, 0.2) is 0 Å². The Morgan fingerprint density at radius 1 is 1.33 bits per heavy atom. The molecule has 1 rings (SSSR count). The molecular formula is C9H20N3. The molecule has 3 heteroatoms. The standard InChI is InChI=1S/C9H20N3/c1-4-9(11(2)3)12-7-5-10-6-8-12/h9H,4-8H2,1-3H3. The van der Waals surface area contributed by atoms with E-state index in [1.807, 2.05) is 0 Å². The van der Waals surface area contributed by atoms with E-state index in [1.165, 1.54) is 6.42 Å². The van der Waals surface area contributed by atoms with Gasteiger partial charge in [0.05, 0.1) is 6.17 Å². The Bertz CT molecular complexity index is 119. The zero-order valence-electron chi connectivity index (χ0n) is 8.45. The maximum Gasteiger partial charge on any atom is 0.0615 e. The molecule has 1 heterocycles. The smallest absolute Gasteiger partial charge is 0.0615 e. The summed E-state index contributed by atoms with van der Waals surface area (Å²) in [4.78, 5) is 4.82. The van der Waals surface area contributed by atoms with Gasteiger partial charge in [-0.1, -0.05) is 6.92 Å². The Morgan fingerprint density at radius 3 is 2.33 bits per heavy atom. The second-order valence-electron chi connectivity index (χ2n) is 3.56. The molecule has 12 heavy (non-hydrogen) atoms. The van der Waals surface area contributed by atoms with E-state index in [1.54, 1.807) is 0 Å². The van der Waals surface area contributed by atoms with Gasteiger partial charge < -0.3 is 0 Å². The van der Waals surface area contributed by atoms with Gasteiger partial charge in [-0.05, 0) is 20.5 Å². The predicted octanol–water partition coefficient (Wildman–Crippen LogP) is 0.204. The monoisotopic (exact) mass is 170 g/mol. The summed E-state index contributed by atoms with van der Waals surface area (Å²) in [5.74, 6) is 0. The Morgan fingerprint density at radius 2 is 1.92 bits per heavy atom. The fourth-order valence-corrected chi connectivity index (χ4v) is 1.87. The molecule has 1 radical (unpaired) electrons. The van der Waals surface area contributed by atoms with Crippen molar-refractivity contribution in [3.05, 3.63) is 0 Å². The van der Waals surface area contributed by atoms with Crippen molar-refractivity contribution >= 4 is 0 Å². The summed E-state index contributed by atoms with van der Waals surface area (Å²) in [6.07, 6.45) is 1.81. The Hall–Kier alpha value is -0.120. The molecule has 1 aliphatic rings. The lowest BCUT2D eigenvalue weighted by molar-refractivity contribution is 0.0641. The van der Waals surface area contributed by atoms with E-state index < -0.39 is 0 Å². The summed E-state index contributed by atoms with van der Waals surface area (Å²) in [7, 11) is 4.31. The fourth-order valence-electron chi connectivity index (χ4n) is 1.87. The highest BCUT2D eigenvalue weighted by Crippen LogP contribution is 2.07. The number of rotatable bonds is 3. The van der Waals surface area contributed by atoms with E-state index >= 15 is 0 Å². The van der Waals surface area contributed by atoms with Crippen LogP contribution in [0.2, 0.25) is 0 Å². The van der Waals surface area contributed by atoms with Gasteiger partial charge in [0.2, 0.25) is 0 Å². The van der Waals surface area contributed by atoms with Gasteiger partial charge in [-0.25, -0.2) is 5.32 Å². The molecule has 0 bridgehead atoms. The Labute approximate surface area is 75.7 Å². The van der Waals surface area contributed by atoms with Crippen LogP contribution in [0.25, 0.3) is 0 Å². The highest BCUT2D eigenvalue weighted by Gasteiger charge is 2.20. The van der Waals surface area contributed by atoms with Crippen LogP contribution in [0.3, 0.4) is 0 Å². The first kappa shape index (κ1) is 9.96. The van der Waals surface area contributed by atoms with E-state index in [0.29, 0.717) is 6.17 Å². The molecule has 0 aromatic carbocycles. The summed E-state index contributed by atoms with van der Waals surface area (Å²) in [6, 6.07) is 0. The molecule has 1 unspecified atom stereocenters. The molecule has 1 atom stereocenters. The van der Waals surface area contributed by atoms with E-state index in [9.17, 15) is 0 Å².